The standard InChI is InChI=1S/C21H24O9/c1-28-15-5-4-11(2-3-12-6-13(23)9-14(24)7-12)8-16(15)29-21-20(27)19(26)18(25)17(10-22)30-21/h2-9,17-27H,10H2,1H3/t17-,18-,19+,20-,21-/m1/s1. The van der Waals surface area contributed by atoms with Crippen molar-refractivity contribution < 1.29 is 44.8 Å². The molecule has 6 N–H and O–H groups in total. The van der Waals surface area contributed by atoms with Crippen molar-refractivity contribution in [2.24, 2.45) is 0 Å². The SMILES string of the molecule is COc1ccc(C=Cc2cc(O)cc(O)c2)cc1O[C@@H]1O[C@H](CO)[C@@H](O)[C@H](O)[C@H]1O. The highest BCUT2D eigenvalue weighted by Crippen LogP contribution is 2.33. The Morgan fingerprint density at radius 2 is 1.53 bits per heavy atom. The third kappa shape index (κ3) is 4.84. The number of phenolic OH excluding ortho intramolecular Hbond substituents is 2. The molecule has 1 aliphatic heterocycles. The molecule has 0 saturated carbocycles. The van der Waals surface area contributed by atoms with Crippen molar-refractivity contribution in [3.05, 3.63) is 47.5 Å². The van der Waals surface area contributed by atoms with Gasteiger partial charge in [0.05, 0.1) is 13.7 Å². The smallest absolute Gasteiger partial charge is 0.229 e. The van der Waals surface area contributed by atoms with Crippen LogP contribution in [0.3, 0.4) is 0 Å². The summed E-state index contributed by atoms with van der Waals surface area (Å²) in [6.45, 7) is -0.568. The fourth-order valence-corrected chi connectivity index (χ4v) is 3.09. The largest absolute Gasteiger partial charge is 0.508 e. The second-order valence-electron chi connectivity index (χ2n) is 6.84. The van der Waals surface area contributed by atoms with Gasteiger partial charge in [-0.1, -0.05) is 18.2 Å². The van der Waals surface area contributed by atoms with Crippen LogP contribution < -0.4 is 9.47 Å². The maximum absolute atomic E-state index is 10.2. The van der Waals surface area contributed by atoms with E-state index in [0.717, 1.165) is 0 Å². The van der Waals surface area contributed by atoms with Crippen molar-refractivity contribution in [3.8, 4) is 23.0 Å². The molecule has 30 heavy (non-hydrogen) atoms. The number of benzene rings is 2. The Balaban J connectivity index is 1.83. The number of rotatable bonds is 6. The topological polar surface area (TPSA) is 149 Å². The van der Waals surface area contributed by atoms with Crippen LogP contribution >= 0.6 is 0 Å². The molecule has 1 fully saturated rings. The van der Waals surface area contributed by atoms with Crippen LogP contribution in [0.15, 0.2) is 36.4 Å². The van der Waals surface area contributed by atoms with Gasteiger partial charge in [0.15, 0.2) is 11.5 Å². The number of aromatic hydroxyl groups is 2. The van der Waals surface area contributed by atoms with E-state index in [1.807, 2.05) is 0 Å². The second-order valence-corrected chi connectivity index (χ2v) is 6.84. The first-order chi connectivity index (χ1) is 14.3. The molecule has 9 nitrogen and oxygen atoms in total. The Labute approximate surface area is 172 Å². The lowest BCUT2D eigenvalue weighted by Crippen LogP contribution is -2.60. The molecule has 9 heteroatoms. The van der Waals surface area contributed by atoms with Crippen molar-refractivity contribution in [2.75, 3.05) is 13.7 Å². The van der Waals surface area contributed by atoms with Crippen LogP contribution in [-0.4, -0.2) is 75.1 Å². The number of aliphatic hydroxyl groups excluding tert-OH is 4. The van der Waals surface area contributed by atoms with E-state index in [9.17, 15) is 30.6 Å². The first kappa shape index (κ1) is 21.9. The normalized spacial score (nSPS) is 26.6. The number of ether oxygens (including phenoxy) is 3. The quantitative estimate of drug-likeness (QED) is 0.366. The summed E-state index contributed by atoms with van der Waals surface area (Å²) < 4.78 is 16.3. The summed E-state index contributed by atoms with van der Waals surface area (Å²) in [6, 6.07) is 9.13. The lowest BCUT2D eigenvalue weighted by molar-refractivity contribution is -0.277. The van der Waals surface area contributed by atoms with E-state index in [1.54, 1.807) is 30.4 Å². The summed E-state index contributed by atoms with van der Waals surface area (Å²) >= 11 is 0. The van der Waals surface area contributed by atoms with E-state index in [-0.39, 0.29) is 17.2 Å². The van der Waals surface area contributed by atoms with E-state index in [0.29, 0.717) is 16.9 Å². The minimum absolute atomic E-state index is 0.0731. The number of phenols is 2. The van der Waals surface area contributed by atoms with Crippen LogP contribution in [0.2, 0.25) is 0 Å². The van der Waals surface area contributed by atoms with Crippen LogP contribution in [0, 0.1) is 0 Å². The van der Waals surface area contributed by atoms with Crippen LogP contribution in [-0.2, 0) is 4.74 Å². The van der Waals surface area contributed by atoms with Crippen molar-refractivity contribution in [1.29, 1.82) is 0 Å². The average molecular weight is 420 g/mol. The van der Waals surface area contributed by atoms with Crippen LogP contribution in [0.4, 0.5) is 0 Å². The lowest BCUT2D eigenvalue weighted by Gasteiger charge is -2.39. The first-order valence-electron chi connectivity index (χ1n) is 9.18. The summed E-state index contributed by atoms with van der Waals surface area (Å²) in [6.07, 6.45) is -3.68. The molecular formula is C21H24O9. The minimum atomic E-state index is -1.56. The summed E-state index contributed by atoms with van der Waals surface area (Å²) in [4.78, 5) is 0. The van der Waals surface area contributed by atoms with Gasteiger partial charge in [0.25, 0.3) is 0 Å². The zero-order chi connectivity index (χ0) is 21.8. The molecule has 5 atom stereocenters. The summed E-state index contributed by atoms with van der Waals surface area (Å²) in [5.41, 5.74) is 1.23. The van der Waals surface area contributed by atoms with Gasteiger partial charge in [0, 0.05) is 6.07 Å². The molecule has 0 radical (unpaired) electrons. The third-order valence-electron chi connectivity index (χ3n) is 4.67. The summed E-state index contributed by atoms with van der Waals surface area (Å²) in [5.74, 6) is 0.383. The first-order valence-corrected chi connectivity index (χ1v) is 9.18. The Morgan fingerprint density at radius 3 is 2.17 bits per heavy atom. The molecule has 0 bridgehead atoms. The van der Waals surface area contributed by atoms with Gasteiger partial charge in [0.1, 0.15) is 35.9 Å². The fourth-order valence-electron chi connectivity index (χ4n) is 3.09. The number of hydrogen-bond acceptors (Lipinski definition) is 9. The van der Waals surface area contributed by atoms with Gasteiger partial charge in [-0.25, -0.2) is 0 Å². The molecule has 0 unspecified atom stereocenters. The predicted octanol–water partition coefficient (Wildman–Crippen LogP) is 0.456. The highest BCUT2D eigenvalue weighted by molar-refractivity contribution is 5.72. The number of aliphatic hydroxyl groups is 4. The van der Waals surface area contributed by atoms with Gasteiger partial charge in [-0.05, 0) is 35.4 Å². The van der Waals surface area contributed by atoms with E-state index in [2.05, 4.69) is 0 Å². The molecule has 0 amide bonds. The van der Waals surface area contributed by atoms with E-state index in [4.69, 9.17) is 14.2 Å². The fraction of sp³-hybridized carbons (Fsp3) is 0.333. The van der Waals surface area contributed by atoms with Gasteiger partial charge < -0.3 is 44.8 Å². The lowest BCUT2D eigenvalue weighted by atomic mass is 9.99. The number of hydrogen-bond donors (Lipinski definition) is 6. The molecule has 1 saturated heterocycles. The Bertz CT molecular complexity index is 876. The van der Waals surface area contributed by atoms with Crippen LogP contribution in [0.1, 0.15) is 11.1 Å². The van der Waals surface area contributed by atoms with Crippen molar-refractivity contribution in [1.82, 2.24) is 0 Å². The second kappa shape index (κ2) is 9.33. The minimum Gasteiger partial charge on any atom is -0.508 e. The van der Waals surface area contributed by atoms with Crippen molar-refractivity contribution >= 4 is 12.2 Å². The van der Waals surface area contributed by atoms with E-state index >= 15 is 0 Å². The molecule has 0 spiro atoms. The molecule has 2 aromatic carbocycles. The molecule has 1 heterocycles. The molecule has 2 aromatic rings. The Morgan fingerprint density at radius 1 is 0.867 bits per heavy atom. The Kier molecular flexibility index (Phi) is 6.80. The summed E-state index contributed by atoms with van der Waals surface area (Å²) in [7, 11) is 1.43. The zero-order valence-electron chi connectivity index (χ0n) is 16.1. The molecular weight excluding hydrogens is 396 g/mol. The maximum Gasteiger partial charge on any atom is 0.229 e. The molecule has 0 aromatic heterocycles. The zero-order valence-corrected chi connectivity index (χ0v) is 16.1. The molecule has 0 aliphatic carbocycles. The highest BCUT2D eigenvalue weighted by atomic mass is 16.7. The van der Waals surface area contributed by atoms with Gasteiger partial charge >= 0.3 is 0 Å². The van der Waals surface area contributed by atoms with Crippen molar-refractivity contribution in [3.63, 3.8) is 0 Å². The Hall–Kier alpha value is -2.82. The van der Waals surface area contributed by atoms with E-state index < -0.39 is 37.3 Å². The van der Waals surface area contributed by atoms with Crippen LogP contribution in [0.25, 0.3) is 12.2 Å². The van der Waals surface area contributed by atoms with Crippen molar-refractivity contribution in [2.45, 2.75) is 30.7 Å². The van der Waals surface area contributed by atoms with Gasteiger partial charge in [0.2, 0.25) is 6.29 Å². The molecule has 3 rings (SSSR count). The summed E-state index contributed by atoms with van der Waals surface area (Å²) in [5, 5.41) is 58.4. The average Bonchev–Trinajstić information content (AvgIpc) is 2.72. The molecule has 1 aliphatic rings. The maximum atomic E-state index is 10.2. The highest BCUT2D eigenvalue weighted by Gasteiger charge is 2.44. The van der Waals surface area contributed by atoms with Gasteiger partial charge in [-0.2, -0.15) is 0 Å². The van der Waals surface area contributed by atoms with Crippen LogP contribution in [0.5, 0.6) is 23.0 Å². The molecule has 162 valence electrons. The number of methoxy groups -OCH3 is 1. The van der Waals surface area contributed by atoms with E-state index in [1.165, 1.54) is 25.3 Å². The van der Waals surface area contributed by atoms with Gasteiger partial charge in [-0.3, -0.25) is 0 Å². The monoisotopic (exact) mass is 420 g/mol. The van der Waals surface area contributed by atoms with Gasteiger partial charge in [-0.15, -0.1) is 0 Å². The third-order valence-corrected chi connectivity index (χ3v) is 4.67. The predicted molar refractivity (Wildman–Crippen MR) is 106 cm³/mol.